The van der Waals surface area contributed by atoms with Gasteiger partial charge in [0.05, 0.1) is 11.0 Å². The lowest BCUT2D eigenvalue weighted by Crippen LogP contribution is -2.28. The molecule has 0 saturated heterocycles. The molecule has 116 valence electrons. The van der Waals surface area contributed by atoms with Crippen LogP contribution >= 0.6 is 0 Å². The summed E-state index contributed by atoms with van der Waals surface area (Å²) in [5.74, 6) is 2.77. The lowest BCUT2D eigenvalue weighted by molar-refractivity contribution is -0.418. The molecule has 2 aliphatic rings. The third-order valence-electron chi connectivity index (χ3n) is 3.69. The van der Waals surface area contributed by atoms with E-state index in [1.165, 1.54) is 6.08 Å². The van der Waals surface area contributed by atoms with Crippen molar-refractivity contribution in [3.8, 4) is 0 Å². The summed E-state index contributed by atoms with van der Waals surface area (Å²) in [6, 6.07) is 7.63. The predicted octanol–water partition coefficient (Wildman–Crippen LogP) is 1.71. The van der Waals surface area contributed by atoms with E-state index in [1.54, 1.807) is 0 Å². The Morgan fingerprint density at radius 3 is 2.87 bits per heavy atom. The Bertz CT molecular complexity index is 799. The SMILES string of the molecule is O=C1CCN(C2=CC([N+](=O)[O-])=C=C=N2)CCc2ccccc2N1. The molecule has 1 aromatic rings. The number of amides is 1. The molecule has 7 nitrogen and oxygen atoms in total. The summed E-state index contributed by atoms with van der Waals surface area (Å²) in [5.41, 5.74) is 4.02. The normalized spacial score (nSPS) is 17.2. The van der Waals surface area contributed by atoms with Gasteiger partial charge < -0.3 is 10.2 Å². The number of hydrogen-bond donors (Lipinski definition) is 1. The Labute approximate surface area is 132 Å². The van der Waals surface area contributed by atoms with Crippen LogP contribution in [0.5, 0.6) is 0 Å². The molecular formula is C16H14N4O3. The van der Waals surface area contributed by atoms with Gasteiger partial charge in [-0.25, -0.2) is 0 Å². The van der Waals surface area contributed by atoms with Crippen molar-refractivity contribution in [1.82, 2.24) is 4.90 Å². The van der Waals surface area contributed by atoms with Crippen molar-refractivity contribution < 1.29 is 9.72 Å². The first-order valence-electron chi connectivity index (χ1n) is 7.21. The zero-order chi connectivity index (χ0) is 16.2. The van der Waals surface area contributed by atoms with Crippen molar-refractivity contribution >= 4 is 17.5 Å². The van der Waals surface area contributed by atoms with Gasteiger partial charge in [0.1, 0.15) is 5.82 Å². The Kier molecular flexibility index (Phi) is 4.06. The zero-order valence-electron chi connectivity index (χ0n) is 12.3. The minimum atomic E-state index is -0.528. The van der Waals surface area contributed by atoms with Crippen molar-refractivity contribution in [1.29, 1.82) is 0 Å². The average Bonchev–Trinajstić information content (AvgIpc) is 2.63. The number of rotatable bonds is 2. The number of nitro groups is 1. The summed E-state index contributed by atoms with van der Waals surface area (Å²) in [5, 5.41) is 13.8. The molecule has 0 aromatic heterocycles. The number of allylic oxidation sites excluding steroid dienone is 1. The van der Waals surface area contributed by atoms with E-state index in [-0.39, 0.29) is 18.0 Å². The van der Waals surface area contributed by atoms with Gasteiger partial charge in [0, 0.05) is 36.8 Å². The van der Waals surface area contributed by atoms with E-state index in [9.17, 15) is 14.9 Å². The minimum absolute atomic E-state index is 0.0923. The van der Waals surface area contributed by atoms with E-state index in [0.717, 1.165) is 11.3 Å². The molecule has 0 fully saturated rings. The van der Waals surface area contributed by atoms with Crippen LogP contribution in [0.3, 0.4) is 0 Å². The largest absolute Gasteiger partial charge is 0.355 e. The molecule has 0 radical (unpaired) electrons. The molecule has 23 heavy (non-hydrogen) atoms. The lowest BCUT2D eigenvalue weighted by Gasteiger charge is -2.23. The van der Waals surface area contributed by atoms with Crippen molar-refractivity contribution in [3.63, 3.8) is 0 Å². The van der Waals surface area contributed by atoms with Gasteiger partial charge in [-0.2, -0.15) is 4.99 Å². The quantitative estimate of drug-likeness (QED) is 0.512. The van der Waals surface area contributed by atoms with Crippen molar-refractivity contribution in [2.75, 3.05) is 18.4 Å². The lowest BCUT2D eigenvalue weighted by atomic mass is 10.1. The van der Waals surface area contributed by atoms with Crippen LogP contribution in [-0.2, 0) is 11.2 Å². The number of carbonyl (C=O) groups excluding carboxylic acids is 1. The maximum absolute atomic E-state index is 12.0. The fourth-order valence-electron chi connectivity index (χ4n) is 2.50. The van der Waals surface area contributed by atoms with Crippen LogP contribution in [0.25, 0.3) is 0 Å². The van der Waals surface area contributed by atoms with Crippen LogP contribution in [0, 0.1) is 10.1 Å². The number of nitrogens with one attached hydrogen (secondary N) is 1. The fraction of sp³-hybridized carbons (Fsp3) is 0.250. The van der Waals surface area contributed by atoms with Crippen molar-refractivity contribution in [2.45, 2.75) is 12.8 Å². The summed E-state index contributed by atoms with van der Waals surface area (Å²) in [7, 11) is 0. The molecule has 1 N–H and O–H groups in total. The molecule has 1 amide bonds. The fourth-order valence-corrected chi connectivity index (χ4v) is 2.50. The zero-order valence-corrected chi connectivity index (χ0v) is 12.3. The van der Waals surface area contributed by atoms with E-state index in [1.807, 2.05) is 29.2 Å². The highest BCUT2D eigenvalue weighted by Gasteiger charge is 2.19. The molecule has 2 aliphatic heterocycles. The first-order valence-corrected chi connectivity index (χ1v) is 7.21. The second-order valence-electron chi connectivity index (χ2n) is 5.19. The third-order valence-corrected chi connectivity index (χ3v) is 3.69. The van der Waals surface area contributed by atoms with Crippen LogP contribution in [0.2, 0.25) is 0 Å². The summed E-state index contributed by atoms with van der Waals surface area (Å²) in [6.45, 7) is 1.04. The average molecular weight is 310 g/mol. The summed E-state index contributed by atoms with van der Waals surface area (Å²) >= 11 is 0. The van der Waals surface area contributed by atoms with Gasteiger partial charge in [-0.05, 0) is 18.1 Å². The van der Waals surface area contributed by atoms with Crippen LogP contribution in [0.1, 0.15) is 12.0 Å². The van der Waals surface area contributed by atoms with E-state index in [4.69, 9.17) is 0 Å². The molecular weight excluding hydrogens is 296 g/mol. The molecule has 0 spiro atoms. The van der Waals surface area contributed by atoms with Gasteiger partial charge in [-0.1, -0.05) is 18.2 Å². The maximum atomic E-state index is 12.0. The molecule has 0 unspecified atom stereocenters. The Morgan fingerprint density at radius 1 is 1.26 bits per heavy atom. The number of benzene rings is 1. The molecule has 0 saturated carbocycles. The number of fused-ring (bicyclic) bond motifs is 1. The van der Waals surface area contributed by atoms with Crippen LogP contribution in [-0.4, -0.2) is 34.7 Å². The Morgan fingerprint density at radius 2 is 2.04 bits per heavy atom. The van der Waals surface area contributed by atoms with Gasteiger partial charge in [-0.15, -0.1) is 0 Å². The van der Waals surface area contributed by atoms with Crippen molar-refractivity contribution in [3.05, 3.63) is 63.3 Å². The number of anilines is 1. The van der Waals surface area contributed by atoms with Crippen LogP contribution in [0.4, 0.5) is 5.69 Å². The summed E-state index contributed by atoms with van der Waals surface area (Å²) in [6.07, 6.45) is 2.34. The van der Waals surface area contributed by atoms with Gasteiger partial charge in [-0.3, -0.25) is 14.9 Å². The second kappa shape index (κ2) is 6.32. The van der Waals surface area contributed by atoms with Gasteiger partial charge in [0.15, 0.2) is 0 Å². The minimum Gasteiger partial charge on any atom is -0.355 e. The van der Waals surface area contributed by atoms with E-state index in [0.29, 0.717) is 25.3 Å². The Hall–Kier alpha value is -3.14. The number of carbonyl (C=O) groups is 1. The number of hydrogen-bond acceptors (Lipinski definition) is 5. The number of para-hydroxylation sites is 1. The molecule has 0 atom stereocenters. The van der Waals surface area contributed by atoms with Crippen LogP contribution < -0.4 is 5.32 Å². The smallest absolute Gasteiger partial charge is 0.325 e. The highest BCUT2D eigenvalue weighted by atomic mass is 16.6. The molecule has 0 aliphatic carbocycles. The van der Waals surface area contributed by atoms with Gasteiger partial charge in [0.2, 0.25) is 5.91 Å². The van der Waals surface area contributed by atoms with Crippen molar-refractivity contribution in [2.24, 2.45) is 4.99 Å². The Balaban J connectivity index is 1.85. The first kappa shape index (κ1) is 14.8. The number of nitrogens with zero attached hydrogens (tertiary/aromatic N) is 3. The number of aliphatic imine (C=N–C) groups is 1. The second-order valence-corrected chi connectivity index (χ2v) is 5.19. The topological polar surface area (TPSA) is 87.8 Å². The molecule has 7 heteroatoms. The first-order chi connectivity index (χ1) is 11.1. The van der Waals surface area contributed by atoms with E-state index >= 15 is 0 Å². The molecule has 3 rings (SSSR count). The maximum Gasteiger partial charge on any atom is 0.325 e. The monoisotopic (exact) mass is 310 g/mol. The summed E-state index contributed by atoms with van der Waals surface area (Å²) < 4.78 is 0. The van der Waals surface area contributed by atoms with Gasteiger partial charge in [0.25, 0.3) is 0 Å². The summed E-state index contributed by atoms with van der Waals surface area (Å²) in [4.78, 5) is 28.3. The van der Waals surface area contributed by atoms with E-state index < -0.39 is 4.92 Å². The highest BCUT2D eigenvalue weighted by molar-refractivity contribution is 5.91. The molecule has 1 aromatic carbocycles. The van der Waals surface area contributed by atoms with E-state index in [2.05, 4.69) is 21.9 Å². The standard InChI is InChI=1S/C16H14N4O3/c21-16-7-10-19(15-11-13(20(22)23)5-8-17-15)9-6-12-3-1-2-4-14(12)18-16/h1-4,11H,6-7,9-10H2,(H,18,21). The molecule has 0 bridgehead atoms. The molecule has 2 heterocycles. The van der Waals surface area contributed by atoms with Crippen LogP contribution in [0.15, 0.2) is 52.6 Å². The highest BCUT2D eigenvalue weighted by Crippen LogP contribution is 2.20. The predicted molar refractivity (Wildman–Crippen MR) is 84.5 cm³/mol. The third kappa shape index (κ3) is 3.37. The van der Waals surface area contributed by atoms with Gasteiger partial charge >= 0.3 is 5.70 Å².